The first kappa shape index (κ1) is 20.6. The minimum Gasteiger partial charge on any atom is -0.467 e. The number of hydrogen-bond acceptors (Lipinski definition) is 8. The summed E-state index contributed by atoms with van der Waals surface area (Å²) in [6.45, 7) is 1.78. The predicted molar refractivity (Wildman–Crippen MR) is 87.5 cm³/mol. The second kappa shape index (κ2) is 10.5. The van der Waals surface area contributed by atoms with Gasteiger partial charge in [0.1, 0.15) is 5.25 Å². The van der Waals surface area contributed by atoms with Crippen molar-refractivity contribution in [1.29, 1.82) is 0 Å². The molecule has 24 heavy (non-hydrogen) atoms. The highest BCUT2D eigenvalue weighted by Gasteiger charge is 2.30. The number of hydrogen-bond donors (Lipinski definition) is 1. The molecule has 1 fully saturated rings. The van der Waals surface area contributed by atoms with Gasteiger partial charge in [0.15, 0.2) is 17.7 Å². The second-order valence-corrected chi connectivity index (χ2v) is 6.99. The normalized spacial score (nSPS) is 25.2. The number of esters is 2. The molecule has 8 heteroatoms. The van der Waals surface area contributed by atoms with Crippen molar-refractivity contribution >= 4 is 35.3 Å². The van der Waals surface area contributed by atoms with Crippen LogP contribution in [-0.4, -0.2) is 58.9 Å². The fourth-order valence-corrected chi connectivity index (χ4v) is 3.28. The topological polar surface area (TPSA) is 107 Å². The third-order valence-corrected chi connectivity index (χ3v) is 4.97. The number of carbonyl (C=O) groups excluding carboxylic acids is 4. The van der Waals surface area contributed by atoms with E-state index in [0.717, 1.165) is 31.7 Å². The van der Waals surface area contributed by atoms with Gasteiger partial charge in [0.25, 0.3) is 0 Å². The molecule has 1 rings (SSSR count). The summed E-state index contributed by atoms with van der Waals surface area (Å²) in [7, 11) is 1.14. The quantitative estimate of drug-likeness (QED) is 0.585. The smallest absolute Gasteiger partial charge is 0.335 e. The number of cyclic esters (lactones) is 1. The Labute approximate surface area is 145 Å². The molecule has 0 radical (unpaired) electrons. The van der Waals surface area contributed by atoms with E-state index in [1.54, 1.807) is 6.92 Å². The molecule has 136 valence electrons. The largest absolute Gasteiger partial charge is 0.467 e. The van der Waals surface area contributed by atoms with E-state index in [1.165, 1.54) is 0 Å². The molecule has 0 amide bonds. The van der Waals surface area contributed by atoms with Crippen molar-refractivity contribution < 1.29 is 33.8 Å². The Kier molecular flexibility index (Phi) is 8.99. The first-order valence-corrected chi connectivity index (χ1v) is 9.04. The molecular weight excluding hydrogens is 336 g/mol. The molecule has 1 aliphatic heterocycles. The Bertz CT molecular complexity index is 477. The summed E-state index contributed by atoms with van der Waals surface area (Å²) in [5, 5.41) is 8.69. The fraction of sp³-hybridized carbons (Fsp3) is 0.750. The molecule has 0 unspecified atom stereocenters. The molecule has 3 atom stereocenters. The molecule has 1 heterocycles. The fourth-order valence-electron chi connectivity index (χ4n) is 2.27. The van der Waals surface area contributed by atoms with E-state index in [2.05, 4.69) is 4.74 Å². The van der Waals surface area contributed by atoms with Crippen LogP contribution in [0.5, 0.6) is 0 Å². The molecule has 0 aromatic carbocycles. The van der Waals surface area contributed by atoms with Crippen molar-refractivity contribution in [3.63, 3.8) is 0 Å². The number of carbonyl (C=O) groups is 4. The van der Waals surface area contributed by atoms with Crippen LogP contribution in [0.4, 0.5) is 0 Å². The van der Waals surface area contributed by atoms with Gasteiger partial charge in [-0.25, -0.2) is 4.79 Å². The Morgan fingerprint density at radius 3 is 2.67 bits per heavy atom. The summed E-state index contributed by atoms with van der Waals surface area (Å²) < 4.78 is 9.72. The van der Waals surface area contributed by atoms with Crippen LogP contribution in [0.3, 0.4) is 0 Å². The average molecular weight is 360 g/mol. The molecule has 0 saturated carbocycles. The Balaban J connectivity index is 2.76. The van der Waals surface area contributed by atoms with E-state index in [4.69, 9.17) is 4.74 Å². The zero-order chi connectivity index (χ0) is 18.1. The standard InChI is InChI=1S/C16H24O7S/c1-10-6-4-3-5-7-11(17)12(18)8-14(16(21)23-10)24-9-13(19)15(20)22-2/h10,13-14,19H,3-9H2,1-2H3/t10-,13-,14+/m1/s1. The third-order valence-electron chi connectivity index (χ3n) is 3.71. The Morgan fingerprint density at radius 2 is 2.00 bits per heavy atom. The van der Waals surface area contributed by atoms with Gasteiger partial charge in [-0.3, -0.25) is 14.4 Å². The lowest BCUT2D eigenvalue weighted by Crippen LogP contribution is -2.32. The highest BCUT2D eigenvalue weighted by Crippen LogP contribution is 2.22. The van der Waals surface area contributed by atoms with Gasteiger partial charge in [-0.1, -0.05) is 6.42 Å². The summed E-state index contributed by atoms with van der Waals surface area (Å²) in [5.41, 5.74) is 0. The van der Waals surface area contributed by atoms with Gasteiger partial charge in [-0.2, -0.15) is 0 Å². The average Bonchev–Trinajstić information content (AvgIpc) is 2.55. The molecule has 0 bridgehead atoms. The lowest BCUT2D eigenvalue weighted by molar-refractivity contribution is -0.150. The number of methoxy groups -OCH3 is 1. The number of Topliss-reactive ketones (excluding diaryl/α,β-unsaturated/α-hetero) is 2. The predicted octanol–water partition coefficient (Wildman–Crippen LogP) is 1.05. The van der Waals surface area contributed by atoms with E-state index in [0.29, 0.717) is 12.8 Å². The van der Waals surface area contributed by atoms with Gasteiger partial charge in [-0.05, 0) is 26.2 Å². The van der Waals surface area contributed by atoms with E-state index in [-0.39, 0.29) is 24.7 Å². The molecule has 1 aliphatic rings. The lowest BCUT2D eigenvalue weighted by atomic mass is 10.0. The van der Waals surface area contributed by atoms with Crippen LogP contribution in [-0.2, 0) is 28.7 Å². The highest BCUT2D eigenvalue weighted by atomic mass is 32.2. The Hall–Kier alpha value is -1.41. The van der Waals surface area contributed by atoms with Gasteiger partial charge in [-0.15, -0.1) is 11.8 Å². The maximum Gasteiger partial charge on any atom is 0.335 e. The van der Waals surface area contributed by atoms with Crippen molar-refractivity contribution in [3.8, 4) is 0 Å². The summed E-state index contributed by atoms with van der Waals surface area (Å²) in [6, 6.07) is 0. The van der Waals surface area contributed by atoms with Gasteiger partial charge < -0.3 is 14.6 Å². The molecule has 0 aromatic heterocycles. The van der Waals surface area contributed by atoms with Crippen LogP contribution in [0.15, 0.2) is 0 Å². The van der Waals surface area contributed by atoms with Crippen LogP contribution in [0.2, 0.25) is 0 Å². The van der Waals surface area contributed by atoms with E-state index in [1.807, 2.05) is 0 Å². The number of ether oxygens (including phenoxy) is 2. The molecule has 1 saturated heterocycles. The van der Waals surface area contributed by atoms with E-state index >= 15 is 0 Å². The van der Waals surface area contributed by atoms with Crippen molar-refractivity contribution in [2.75, 3.05) is 12.9 Å². The van der Waals surface area contributed by atoms with E-state index in [9.17, 15) is 24.3 Å². The summed E-state index contributed by atoms with van der Waals surface area (Å²) in [6.07, 6.45) is 1.17. The van der Waals surface area contributed by atoms with Crippen molar-refractivity contribution in [2.45, 2.75) is 62.9 Å². The van der Waals surface area contributed by atoms with Gasteiger partial charge in [0.2, 0.25) is 0 Å². The molecular formula is C16H24O7S. The number of rotatable bonds is 4. The zero-order valence-electron chi connectivity index (χ0n) is 14.0. The van der Waals surface area contributed by atoms with Gasteiger partial charge in [0, 0.05) is 18.6 Å². The monoisotopic (exact) mass is 360 g/mol. The van der Waals surface area contributed by atoms with Crippen molar-refractivity contribution in [1.82, 2.24) is 0 Å². The number of aliphatic hydroxyl groups excluding tert-OH is 1. The van der Waals surface area contributed by atoms with Gasteiger partial charge >= 0.3 is 11.9 Å². The molecule has 7 nitrogen and oxygen atoms in total. The first-order valence-electron chi connectivity index (χ1n) is 7.99. The minimum absolute atomic E-state index is 0.123. The van der Waals surface area contributed by atoms with Gasteiger partial charge in [0.05, 0.1) is 13.2 Å². The van der Waals surface area contributed by atoms with Crippen LogP contribution in [0.25, 0.3) is 0 Å². The van der Waals surface area contributed by atoms with Crippen molar-refractivity contribution in [3.05, 3.63) is 0 Å². The number of aliphatic hydroxyl groups is 1. The lowest BCUT2D eigenvalue weighted by Gasteiger charge is -2.20. The van der Waals surface area contributed by atoms with Crippen molar-refractivity contribution in [2.24, 2.45) is 0 Å². The first-order chi connectivity index (χ1) is 11.3. The maximum absolute atomic E-state index is 12.2. The molecule has 0 aliphatic carbocycles. The molecule has 0 spiro atoms. The molecule has 0 aromatic rings. The maximum atomic E-state index is 12.2. The second-order valence-electron chi connectivity index (χ2n) is 5.76. The summed E-state index contributed by atoms with van der Waals surface area (Å²) in [4.78, 5) is 47.2. The van der Waals surface area contributed by atoms with Crippen LogP contribution in [0, 0.1) is 0 Å². The zero-order valence-corrected chi connectivity index (χ0v) is 14.8. The van der Waals surface area contributed by atoms with E-state index < -0.39 is 34.9 Å². The summed E-state index contributed by atoms with van der Waals surface area (Å²) in [5.74, 6) is -2.66. The SMILES string of the molecule is COC(=O)[C@H](O)CS[C@H]1CC(=O)C(=O)CCCCC[C@@H](C)OC1=O. The number of ketones is 2. The highest BCUT2D eigenvalue weighted by molar-refractivity contribution is 8.00. The minimum atomic E-state index is -1.41. The Morgan fingerprint density at radius 1 is 1.29 bits per heavy atom. The third kappa shape index (κ3) is 7.00. The number of thioether (sulfide) groups is 1. The molecule has 1 N–H and O–H groups in total. The summed E-state index contributed by atoms with van der Waals surface area (Å²) >= 11 is 0.917. The van der Waals surface area contributed by atoms with Crippen LogP contribution < -0.4 is 0 Å². The van der Waals surface area contributed by atoms with Crippen LogP contribution >= 0.6 is 11.8 Å². The van der Waals surface area contributed by atoms with Crippen LogP contribution in [0.1, 0.15) is 45.4 Å².